The van der Waals surface area contributed by atoms with Crippen LogP contribution < -0.4 is 0 Å². The molecule has 6 nitrogen and oxygen atoms in total. The Labute approximate surface area is 449 Å². The molecule has 0 heterocycles. The zero-order valence-corrected chi connectivity index (χ0v) is 47.1. The fraction of sp³-hybridized carbons (Fsp3) is 0.627. The maximum Gasteiger partial charge on any atom is 0.306 e. The van der Waals surface area contributed by atoms with E-state index in [2.05, 4.69) is 154 Å². The van der Waals surface area contributed by atoms with Gasteiger partial charge in [-0.3, -0.25) is 14.4 Å². The third-order valence-corrected chi connectivity index (χ3v) is 12.1. The van der Waals surface area contributed by atoms with Crippen molar-refractivity contribution >= 4 is 17.9 Å². The summed E-state index contributed by atoms with van der Waals surface area (Å²) in [4.78, 5) is 38.2. The highest BCUT2D eigenvalue weighted by Gasteiger charge is 2.19. The summed E-state index contributed by atoms with van der Waals surface area (Å²) in [6.07, 6.45) is 84.5. The molecule has 412 valence electrons. The van der Waals surface area contributed by atoms with Gasteiger partial charge in [-0.15, -0.1) is 0 Å². The average molecular weight is 1010 g/mol. The largest absolute Gasteiger partial charge is 0.462 e. The molecule has 73 heavy (non-hydrogen) atoms. The van der Waals surface area contributed by atoms with Crippen molar-refractivity contribution in [1.82, 2.24) is 0 Å². The molecule has 0 aromatic carbocycles. The molecule has 0 aromatic heterocycles. The normalized spacial score (nSPS) is 13.1. The smallest absolute Gasteiger partial charge is 0.306 e. The van der Waals surface area contributed by atoms with E-state index >= 15 is 0 Å². The summed E-state index contributed by atoms with van der Waals surface area (Å²) in [6.45, 7) is 6.26. The van der Waals surface area contributed by atoms with Gasteiger partial charge in [-0.1, -0.05) is 238 Å². The van der Waals surface area contributed by atoms with Crippen LogP contribution in [0.5, 0.6) is 0 Å². The fourth-order valence-electron chi connectivity index (χ4n) is 7.79. The Morgan fingerprint density at radius 1 is 0.274 bits per heavy atom. The molecule has 0 saturated carbocycles. The molecule has 0 aliphatic heterocycles. The van der Waals surface area contributed by atoms with E-state index in [0.717, 1.165) is 148 Å². The van der Waals surface area contributed by atoms with Gasteiger partial charge in [0.1, 0.15) is 13.2 Å². The van der Waals surface area contributed by atoms with E-state index < -0.39 is 6.10 Å². The molecule has 0 rings (SSSR count). The van der Waals surface area contributed by atoms with Crippen molar-refractivity contribution in [2.45, 2.75) is 258 Å². The number of carbonyl (C=O) groups is 3. The third kappa shape index (κ3) is 58.3. The molecule has 1 unspecified atom stereocenters. The molecule has 0 bridgehead atoms. The minimum absolute atomic E-state index is 0.0997. The number of unbranched alkanes of at least 4 members (excludes halogenated alkanes) is 19. The van der Waals surface area contributed by atoms with Crippen molar-refractivity contribution in [3.05, 3.63) is 134 Å². The zero-order valence-electron chi connectivity index (χ0n) is 47.1. The van der Waals surface area contributed by atoms with E-state index in [-0.39, 0.29) is 31.1 Å². The first-order valence-electron chi connectivity index (χ1n) is 29.7. The Bertz CT molecular complexity index is 1580. The predicted molar refractivity (Wildman–Crippen MR) is 316 cm³/mol. The summed E-state index contributed by atoms with van der Waals surface area (Å²) in [7, 11) is 0. The molecule has 0 aliphatic rings. The minimum Gasteiger partial charge on any atom is -0.462 e. The number of hydrogen-bond donors (Lipinski definition) is 0. The molecular weight excluding hydrogens is 901 g/mol. The quantitative estimate of drug-likeness (QED) is 0.0261. The van der Waals surface area contributed by atoms with E-state index in [9.17, 15) is 14.4 Å². The van der Waals surface area contributed by atoms with Crippen LogP contribution >= 0.6 is 0 Å². The van der Waals surface area contributed by atoms with Gasteiger partial charge in [-0.05, 0) is 128 Å². The van der Waals surface area contributed by atoms with Crippen molar-refractivity contribution in [1.29, 1.82) is 0 Å². The van der Waals surface area contributed by atoms with Crippen LogP contribution in [0.3, 0.4) is 0 Å². The number of hydrogen-bond acceptors (Lipinski definition) is 6. The lowest BCUT2D eigenvalue weighted by atomic mass is 10.1. The van der Waals surface area contributed by atoms with Crippen LogP contribution in [-0.2, 0) is 28.6 Å². The van der Waals surface area contributed by atoms with E-state index in [1.165, 1.54) is 64.2 Å². The van der Waals surface area contributed by atoms with Gasteiger partial charge in [0.05, 0.1) is 0 Å². The van der Waals surface area contributed by atoms with Gasteiger partial charge in [0, 0.05) is 19.3 Å². The molecule has 0 aliphatic carbocycles. The lowest BCUT2D eigenvalue weighted by Gasteiger charge is -2.18. The fourth-order valence-corrected chi connectivity index (χ4v) is 7.79. The van der Waals surface area contributed by atoms with Crippen molar-refractivity contribution in [3.63, 3.8) is 0 Å². The van der Waals surface area contributed by atoms with Crippen LogP contribution in [-0.4, -0.2) is 37.2 Å². The zero-order chi connectivity index (χ0) is 52.9. The van der Waals surface area contributed by atoms with Gasteiger partial charge in [-0.25, -0.2) is 0 Å². The molecule has 0 amide bonds. The highest BCUT2D eigenvalue weighted by Crippen LogP contribution is 2.15. The summed E-state index contributed by atoms with van der Waals surface area (Å²) < 4.78 is 16.8. The molecule has 0 spiro atoms. The third-order valence-electron chi connectivity index (χ3n) is 12.1. The topological polar surface area (TPSA) is 78.9 Å². The number of esters is 3. The SMILES string of the molecule is CC/C=C\C/C=C\C/C=C\C/C=C\CCCCCCCCCCCCC(=O)OCC(COC(=O)CCCCC/C=C\C/C=C\C/C=C\CC)OC(=O)CCCCCCCC/C=C\C/C=C\C/C=C\C/C=C\CC. The Kier molecular flexibility index (Phi) is 56.4. The highest BCUT2D eigenvalue weighted by molar-refractivity contribution is 5.71. The summed E-state index contributed by atoms with van der Waals surface area (Å²) in [5, 5.41) is 0. The molecule has 0 saturated heterocycles. The second kappa shape index (κ2) is 60.1. The monoisotopic (exact) mass is 1010 g/mol. The maximum atomic E-state index is 12.9. The van der Waals surface area contributed by atoms with E-state index in [0.29, 0.717) is 19.3 Å². The van der Waals surface area contributed by atoms with Gasteiger partial charge in [-0.2, -0.15) is 0 Å². The Morgan fingerprint density at radius 3 is 0.781 bits per heavy atom. The maximum absolute atomic E-state index is 12.9. The van der Waals surface area contributed by atoms with E-state index in [4.69, 9.17) is 14.2 Å². The van der Waals surface area contributed by atoms with Gasteiger partial charge in [0.2, 0.25) is 0 Å². The second-order valence-electron chi connectivity index (χ2n) is 19.1. The molecule has 6 heteroatoms. The predicted octanol–water partition coefficient (Wildman–Crippen LogP) is 20.2. The Morgan fingerprint density at radius 2 is 0.493 bits per heavy atom. The van der Waals surface area contributed by atoms with Crippen LogP contribution in [0.4, 0.5) is 0 Å². The summed E-state index contributed by atoms with van der Waals surface area (Å²) >= 11 is 0. The van der Waals surface area contributed by atoms with Gasteiger partial charge in [0.15, 0.2) is 6.10 Å². The average Bonchev–Trinajstić information content (AvgIpc) is 3.39. The first-order valence-corrected chi connectivity index (χ1v) is 29.7. The standard InChI is InChI=1S/C67H108O6/c1-4-7-10-13-16-19-22-25-27-29-31-32-33-34-36-37-39-42-45-48-51-54-57-60-66(69)72-63-64(62-71-65(68)59-56-53-50-47-44-41-24-21-18-15-12-9-6-3)73-67(70)61-58-55-52-49-46-43-40-38-35-30-28-26-23-20-17-14-11-8-5-2/h7-12,16-21,25-28,31-32,35,38,41,44,64H,4-6,13-15,22-24,29-30,33-34,36-37,39-40,42-43,45-63H2,1-3H3/b10-7-,11-8-,12-9-,19-16-,20-17-,21-18-,27-25-,28-26-,32-31-,38-35-,44-41-. The molecule has 0 aromatic rings. The Balaban J connectivity index is 4.41. The van der Waals surface area contributed by atoms with Crippen molar-refractivity contribution in [2.75, 3.05) is 13.2 Å². The number of allylic oxidation sites excluding steroid dienone is 22. The summed E-state index contributed by atoms with van der Waals surface area (Å²) in [5.41, 5.74) is 0. The molecule has 0 fully saturated rings. The molecule has 0 N–H and O–H groups in total. The first kappa shape index (κ1) is 68.6. The van der Waals surface area contributed by atoms with Crippen LogP contribution in [0.2, 0.25) is 0 Å². The molecule has 1 atom stereocenters. The van der Waals surface area contributed by atoms with Crippen LogP contribution in [0.1, 0.15) is 252 Å². The van der Waals surface area contributed by atoms with Crippen molar-refractivity contribution in [2.24, 2.45) is 0 Å². The molecular formula is C67H108O6. The van der Waals surface area contributed by atoms with Crippen molar-refractivity contribution < 1.29 is 28.6 Å². The number of carbonyl (C=O) groups excluding carboxylic acids is 3. The van der Waals surface area contributed by atoms with E-state index in [1.54, 1.807) is 0 Å². The van der Waals surface area contributed by atoms with Gasteiger partial charge in [0.25, 0.3) is 0 Å². The lowest BCUT2D eigenvalue weighted by molar-refractivity contribution is -0.167. The minimum atomic E-state index is -0.805. The summed E-state index contributed by atoms with van der Waals surface area (Å²) in [6, 6.07) is 0. The molecule has 0 radical (unpaired) electrons. The van der Waals surface area contributed by atoms with Gasteiger partial charge < -0.3 is 14.2 Å². The highest BCUT2D eigenvalue weighted by atomic mass is 16.6. The first-order chi connectivity index (χ1) is 36.0. The van der Waals surface area contributed by atoms with Crippen molar-refractivity contribution in [3.8, 4) is 0 Å². The Hall–Kier alpha value is -4.45. The summed E-state index contributed by atoms with van der Waals surface area (Å²) in [5.74, 6) is -0.950. The number of ether oxygens (including phenoxy) is 3. The van der Waals surface area contributed by atoms with Crippen LogP contribution in [0.25, 0.3) is 0 Å². The lowest BCUT2D eigenvalue weighted by Crippen LogP contribution is -2.30. The number of rotatable bonds is 52. The van der Waals surface area contributed by atoms with Crippen LogP contribution in [0.15, 0.2) is 134 Å². The second-order valence-corrected chi connectivity index (χ2v) is 19.1. The van der Waals surface area contributed by atoms with Crippen LogP contribution in [0, 0.1) is 0 Å². The van der Waals surface area contributed by atoms with E-state index in [1.807, 2.05) is 0 Å². The van der Waals surface area contributed by atoms with Gasteiger partial charge >= 0.3 is 17.9 Å².